The molecule has 10 heavy (non-hydrogen) atoms. The predicted octanol–water partition coefficient (Wildman–Crippen LogP) is 0.391. The number of hydroxylamine groups is 1. The van der Waals surface area contributed by atoms with Crippen molar-refractivity contribution in [2.24, 2.45) is 0 Å². The second kappa shape index (κ2) is 5.20. The summed E-state index contributed by atoms with van der Waals surface area (Å²) in [5, 5.41) is 8.17. The Morgan fingerprint density at radius 2 is 2.30 bits per heavy atom. The maximum Gasteiger partial charge on any atom is 0.305 e. The smallest absolute Gasteiger partial charge is 0.305 e. The maximum atomic E-state index is 9.94. The zero-order valence-electron chi connectivity index (χ0n) is 6.26. The maximum absolute atomic E-state index is 9.94. The second-order valence-electron chi connectivity index (χ2n) is 2.26. The van der Waals surface area contributed by atoms with E-state index < -0.39 is 5.97 Å². The van der Waals surface area contributed by atoms with Gasteiger partial charge in [0, 0.05) is 6.04 Å². The molecule has 0 aliphatic carbocycles. The van der Waals surface area contributed by atoms with E-state index in [1.54, 1.807) is 0 Å². The Hall–Kier alpha value is -0.610. The Bertz CT molecular complexity index is 103. The monoisotopic (exact) mass is 147 g/mol. The number of aliphatic carboxylic acids is 1. The van der Waals surface area contributed by atoms with E-state index >= 15 is 0 Å². The van der Waals surface area contributed by atoms with Gasteiger partial charge in [-0.15, -0.1) is 0 Å². The average Bonchev–Trinajstić information content (AvgIpc) is 1.79. The van der Waals surface area contributed by atoms with Gasteiger partial charge >= 0.3 is 5.97 Å². The first-order valence-corrected chi connectivity index (χ1v) is 3.22. The van der Waals surface area contributed by atoms with E-state index in [2.05, 4.69) is 5.48 Å². The first kappa shape index (κ1) is 9.39. The van der Waals surface area contributed by atoms with Gasteiger partial charge in [-0.2, -0.15) is 0 Å². The number of rotatable bonds is 5. The van der Waals surface area contributed by atoms with Gasteiger partial charge in [0.15, 0.2) is 0 Å². The highest BCUT2D eigenvalue weighted by atomic mass is 16.6. The van der Waals surface area contributed by atoms with E-state index in [1.165, 1.54) is 0 Å². The molecule has 0 unspecified atom stereocenters. The van der Waals surface area contributed by atoms with Crippen molar-refractivity contribution < 1.29 is 14.7 Å². The van der Waals surface area contributed by atoms with Gasteiger partial charge in [0.1, 0.15) is 0 Å². The van der Waals surface area contributed by atoms with Gasteiger partial charge < -0.3 is 9.94 Å². The Labute approximate surface area is 60.1 Å². The van der Waals surface area contributed by atoms with Crippen LogP contribution in [0.25, 0.3) is 0 Å². The molecule has 0 atom stereocenters. The van der Waals surface area contributed by atoms with Gasteiger partial charge in [-0.05, 0) is 13.8 Å². The Morgan fingerprint density at radius 3 is 2.70 bits per heavy atom. The van der Waals surface area contributed by atoms with Crippen LogP contribution in [0.4, 0.5) is 0 Å². The standard InChI is InChI=1S/C6H13NO3/c1-5(2)7-10-4-3-6(8)9/h5,7H,3-4H2,1-2H3,(H,8,9). The third-order valence-electron chi connectivity index (χ3n) is 0.737. The van der Waals surface area contributed by atoms with Crippen LogP contribution in [0.3, 0.4) is 0 Å². The number of carbonyl (C=O) groups is 1. The summed E-state index contributed by atoms with van der Waals surface area (Å²) < 4.78 is 0. The molecule has 4 nitrogen and oxygen atoms in total. The van der Waals surface area contributed by atoms with Crippen molar-refractivity contribution in [1.82, 2.24) is 5.48 Å². The van der Waals surface area contributed by atoms with Gasteiger partial charge in [-0.1, -0.05) is 0 Å². The SMILES string of the molecule is CC(C)NOCCC(=O)O. The van der Waals surface area contributed by atoms with Crippen molar-refractivity contribution in [3.63, 3.8) is 0 Å². The predicted molar refractivity (Wildman–Crippen MR) is 36.5 cm³/mol. The average molecular weight is 147 g/mol. The lowest BCUT2D eigenvalue weighted by Gasteiger charge is -2.06. The van der Waals surface area contributed by atoms with Crippen molar-refractivity contribution in [1.29, 1.82) is 0 Å². The topological polar surface area (TPSA) is 58.6 Å². The molecule has 0 spiro atoms. The normalized spacial score (nSPS) is 10.3. The van der Waals surface area contributed by atoms with Crippen molar-refractivity contribution in [2.75, 3.05) is 6.61 Å². The van der Waals surface area contributed by atoms with Crippen molar-refractivity contribution >= 4 is 5.97 Å². The van der Waals surface area contributed by atoms with Gasteiger partial charge in [0.25, 0.3) is 0 Å². The molecule has 0 radical (unpaired) electrons. The van der Waals surface area contributed by atoms with Crippen LogP contribution < -0.4 is 5.48 Å². The van der Waals surface area contributed by atoms with E-state index in [4.69, 9.17) is 9.94 Å². The lowest BCUT2D eigenvalue weighted by molar-refractivity contribution is -0.139. The minimum Gasteiger partial charge on any atom is -0.481 e. The molecule has 0 rings (SSSR count). The first-order valence-electron chi connectivity index (χ1n) is 3.22. The molecule has 60 valence electrons. The van der Waals surface area contributed by atoms with Crippen LogP contribution in [-0.4, -0.2) is 23.7 Å². The Morgan fingerprint density at radius 1 is 1.70 bits per heavy atom. The molecular formula is C6H13NO3. The second-order valence-corrected chi connectivity index (χ2v) is 2.26. The molecule has 0 saturated heterocycles. The van der Waals surface area contributed by atoms with Crippen LogP contribution in [0.15, 0.2) is 0 Å². The summed E-state index contributed by atoms with van der Waals surface area (Å²) in [6.45, 7) is 4.05. The van der Waals surface area contributed by atoms with Crippen LogP contribution in [0.5, 0.6) is 0 Å². The van der Waals surface area contributed by atoms with E-state index in [-0.39, 0.29) is 19.1 Å². The van der Waals surface area contributed by atoms with Crippen molar-refractivity contribution in [3.8, 4) is 0 Å². The van der Waals surface area contributed by atoms with Crippen LogP contribution in [-0.2, 0) is 9.63 Å². The number of carboxylic acid groups (broad SMARTS) is 1. The van der Waals surface area contributed by atoms with Gasteiger partial charge in [0.05, 0.1) is 13.0 Å². The highest BCUT2D eigenvalue weighted by Crippen LogP contribution is 1.81. The van der Waals surface area contributed by atoms with Gasteiger partial charge in [-0.25, -0.2) is 5.48 Å². The first-order chi connectivity index (χ1) is 4.63. The quantitative estimate of drug-likeness (QED) is 0.436. The number of nitrogens with one attached hydrogen (secondary N) is 1. The molecule has 0 amide bonds. The fourth-order valence-electron chi connectivity index (χ4n) is 0.364. The fraction of sp³-hybridized carbons (Fsp3) is 0.833. The van der Waals surface area contributed by atoms with Gasteiger partial charge in [-0.3, -0.25) is 4.79 Å². The number of hydrogen-bond donors (Lipinski definition) is 2. The van der Waals surface area contributed by atoms with Crippen LogP contribution in [0.2, 0.25) is 0 Å². The highest BCUT2D eigenvalue weighted by Gasteiger charge is 1.96. The lowest BCUT2D eigenvalue weighted by atomic mass is 10.4. The molecule has 0 aromatic heterocycles. The van der Waals surface area contributed by atoms with Crippen molar-refractivity contribution in [2.45, 2.75) is 26.3 Å². The molecule has 4 heteroatoms. The van der Waals surface area contributed by atoms with E-state index in [1.807, 2.05) is 13.8 Å². The molecule has 2 N–H and O–H groups in total. The summed E-state index contributed by atoms with van der Waals surface area (Å²) in [6, 6.07) is 0.230. The number of hydrogen-bond acceptors (Lipinski definition) is 3. The van der Waals surface area contributed by atoms with E-state index in [0.29, 0.717) is 0 Å². The largest absolute Gasteiger partial charge is 0.481 e. The molecule has 0 aromatic rings. The van der Waals surface area contributed by atoms with Crippen LogP contribution >= 0.6 is 0 Å². The summed E-state index contributed by atoms with van der Waals surface area (Å²) in [5.41, 5.74) is 2.64. The molecule has 0 aliphatic rings. The Kier molecular flexibility index (Phi) is 4.88. The highest BCUT2D eigenvalue weighted by molar-refractivity contribution is 5.66. The summed E-state index contributed by atoms with van der Waals surface area (Å²) >= 11 is 0. The molecule has 0 fully saturated rings. The number of carboxylic acids is 1. The molecule has 0 bridgehead atoms. The molecule has 0 heterocycles. The summed E-state index contributed by atoms with van der Waals surface area (Å²) in [7, 11) is 0. The molecule has 0 saturated carbocycles. The molecule has 0 aliphatic heterocycles. The van der Waals surface area contributed by atoms with Crippen molar-refractivity contribution in [3.05, 3.63) is 0 Å². The minimum absolute atomic E-state index is 0.0414. The zero-order valence-corrected chi connectivity index (χ0v) is 6.26. The van der Waals surface area contributed by atoms with E-state index in [0.717, 1.165) is 0 Å². The molecular weight excluding hydrogens is 134 g/mol. The van der Waals surface area contributed by atoms with E-state index in [9.17, 15) is 4.79 Å². The summed E-state index contributed by atoms with van der Waals surface area (Å²) in [4.78, 5) is 14.7. The minimum atomic E-state index is -0.842. The zero-order chi connectivity index (χ0) is 7.98. The van der Waals surface area contributed by atoms with Gasteiger partial charge in [0.2, 0.25) is 0 Å². The fourth-order valence-corrected chi connectivity index (χ4v) is 0.364. The van der Waals surface area contributed by atoms with Crippen LogP contribution in [0, 0.1) is 0 Å². The molecule has 0 aromatic carbocycles. The lowest BCUT2D eigenvalue weighted by Crippen LogP contribution is -2.24. The Balaban J connectivity index is 2.98. The van der Waals surface area contributed by atoms with Crippen LogP contribution in [0.1, 0.15) is 20.3 Å². The summed E-state index contributed by atoms with van der Waals surface area (Å²) in [6.07, 6.45) is 0.0414. The third-order valence-corrected chi connectivity index (χ3v) is 0.737. The third kappa shape index (κ3) is 7.39. The summed E-state index contributed by atoms with van der Waals surface area (Å²) in [5.74, 6) is -0.842.